The van der Waals surface area contributed by atoms with Gasteiger partial charge in [-0.3, -0.25) is 14.5 Å². The number of ketones is 1. The van der Waals surface area contributed by atoms with Crippen LogP contribution in [0.25, 0.3) is 0 Å². The van der Waals surface area contributed by atoms with Crippen molar-refractivity contribution < 1.29 is 19.1 Å². The zero-order valence-corrected chi connectivity index (χ0v) is 15.0. The van der Waals surface area contributed by atoms with Gasteiger partial charge in [-0.15, -0.1) is 0 Å². The van der Waals surface area contributed by atoms with Gasteiger partial charge in [0.05, 0.1) is 19.2 Å². The number of methoxy groups -OCH3 is 1. The Labute approximate surface area is 157 Å². The standard InChI is InChI=1S/C21H20N2O4/c1-27-18-9-5-4-8-16(18)17(24)13-23-19(25)21(22-20(23)26)11-10-14-6-2-3-7-15(14)12-21/h2-9H,10-13H2,1H3,(H,22,26). The number of fused-ring (bicyclic) bond motifs is 1. The van der Waals surface area contributed by atoms with Crippen molar-refractivity contribution in [2.45, 2.75) is 24.8 Å². The highest BCUT2D eigenvalue weighted by Gasteiger charge is 2.52. The van der Waals surface area contributed by atoms with Gasteiger partial charge in [-0.2, -0.15) is 0 Å². The fraction of sp³-hybridized carbons (Fsp3) is 0.286. The summed E-state index contributed by atoms with van der Waals surface area (Å²) in [7, 11) is 1.48. The Morgan fingerprint density at radius 3 is 2.59 bits per heavy atom. The topological polar surface area (TPSA) is 75.7 Å². The van der Waals surface area contributed by atoms with Crippen LogP contribution >= 0.6 is 0 Å². The molecule has 4 rings (SSSR count). The van der Waals surface area contributed by atoms with Gasteiger partial charge in [0.25, 0.3) is 5.91 Å². The van der Waals surface area contributed by atoms with Crippen molar-refractivity contribution in [1.82, 2.24) is 10.2 Å². The number of hydrogen-bond donors (Lipinski definition) is 1. The molecular formula is C21H20N2O4. The van der Waals surface area contributed by atoms with Gasteiger partial charge in [0.1, 0.15) is 11.3 Å². The van der Waals surface area contributed by atoms with E-state index in [2.05, 4.69) is 5.32 Å². The van der Waals surface area contributed by atoms with E-state index in [0.717, 1.165) is 16.9 Å². The minimum absolute atomic E-state index is 0.297. The average molecular weight is 364 g/mol. The van der Waals surface area contributed by atoms with Crippen LogP contribution in [0.4, 0.5) is 4.79 Å². The van der Waals surface area contributed by atoms with Crippen LogP contribution in [0.15, 0.2) is 48.5 Å². The summed E-state index contributed by atoms with van der Waals surface area (Å²) >= 11 is 0. The maximum Gasteiger partial charge on any atom is 0.325 e. The Morgan fingerprint density at radius 2 is 1.81 bits per heavy atom. The fourth-order valence-corrected chi connectivity index (χ4v) is 3.95. The molecule has 1 heterocycles. The van der Waals surface area contributed by atoms with Crippen molar-refractivity contribution in [3.8, 4) is 5.75 Å². The van der Waals surface area contributed by atoms with E-state index < -0.39 is 11.6 Å². The predicted octanol–water partition coefficient (Wildman–Crippen LogP) is 2.36. The zero-order chi connectivity index (χ0) is 19.0. The Morgan fingerprint density at radius 1 is 1.11 bits per heavy atom. The number of carbonyl (C=O) groups excluding carboxylic acids is 3. The normalized spacial score (nSPS) is 21.1. The number of benzene rings is 2. The third kappa shape index (κ3) is 2.87. The molecule has 0 bridgehead atoms. The van der Waals surface area contributed by atoms with Gasteiger partial charge in [0.2, 0.25) is 0 Å². The number of ether oxygens (including phenoxy) is 1. The molecule has 1 spiro atoms. The van der Waals surface area contributed by atoms with E-state index in [0.29, 0.717) is 24.2 Å². The molecule has 2 aliphatic rings. The maximum atomic E-state index is 13.1. The van der Waals surface area contributed by atoms with Crippen LogP contribution in [0.5, 0.6) is 5.75 Å². The van der Waals surface area contributed by atoms with E-state index in [9.17, 15) is 14.4 Å². The molecule has 1 unspecified atom stereocenters. The van der Waals surface area contributed by atoms with Crippen LogP contribution in [-0.4, -0.2) is 41.8 Å². The number of para-hydroxylation sites is 1. The molecule has 1 saturated heterocycles. The van der Waals surface area contributed by atoms with Gasteiger partial charge in [-0.25, -0.2) is 4.79 Å². The quantitative estimate of drug-likeness (QED) is 0.667. The average Bonchev–Trinajstić information content (AvgIpc) is 2.91. The number of amides is 3. The summed E-state index contributed by atoms with van der Waals surface area (Å²) in [5.41, 5.74) is 1.67. The van der Waals surface area contributed by atoms with Crippen LogP contribution in [0.1, 0.15) is 27.9 Å². The van der Waals surface area contributed by atoms with Crippen molar-refractivity contribution >= 4 is 17.7 Å². The number of urea groups is 1. The monoisotopic (exact) mass is 364 g/mol. The Kier molecular flexibility index (Phi) is 4.18. The Bertz CT molecular complexity index is 939. The molecule has 2 aromatic carbocycles. The van der Waals surface area contributed by atoms with Gasteiger partial charge < -0.3 is 10.1 Å². The number of imide groups is 1. The summed E-state index contributed by atoms with van der Waals surface area (Å²) < 4.78 is 5.21. The molecule has 1 aliphatic heterocycles. The van der Waals surface area contributed by atoms with Gasteiger partial charge >= 0.3 is 6.03 Å². The molecule has 6 nitrogen and oxygen atoms in total. The number of Topliss-reactive ketones (excluding diaryl/α,β-unsaturated/α-hetero) is 1. The first-order valence-corrected chi connectivity index (χ1v) is 8.91. The highest BCUT2D eigenvalue weighted by molar-refractivity contribution is 6.11. The Hall–Kier alpha value is -3.15. The minimum Gasteiger partial charge on any atom is -0.496 e. The van der Waals surface area contributed by atoms with Crippen LogP contribution < -0.4 is 10.1 Å². The van der Waals surface area contributed by atoms with Crippen LogP contribution in [0, 0.1) is 0 Å². The lowest BCUT2D eigenvalue weighted by molar-refractivity contribution is -0.131. The molecular weight excluding hydrogens is 344 g/mol. The first kappa shape index (κ1) is 17.3. The third-order valence-electron chi connectivity index (χ3n) is 5.39. The molecule has 27 heavy (non-hydrogen) atoms. The number of nitrogens with one attached hydrogen (secondary N) is 1. The second kappa shape index (κ2) is 6.54. The lowest BCUT2D eigenvalue weighted by Gasteiger charge is -2.32. The molecule has 0 radical (unpaired) electrons. The van der Waals surface area contributed by atoms with Crippen LogP contribution in [0.3, 0.4) is 0 Å². The molecule has 1 aliphatic carbocycles. The van der Waals surface area contributed by atoms with E-state index in [1.807, 2.05) is 24.3 Å². The lowest BCUT2D eigenvalue weighted by Crippen LogP contribution is -2.51. The number of carbonyl (C=O) groups is 3. The summed E-state index contributed by atoms with van der Waals surface area (Å²) in [5.74, 6) is -0.231. The maximum absolute atomic E-state index is 13.1. The fourth-order valence-electron chi connectivity index (χ4n) is 3.95. The number of nitrogens with zero attached hydrogens (tertiary/aromatic N) is 1. The second-order valence-electron chi connectivity index (χ2n) is 6.97. The SMILES string of the molecule is COc1ccccc1C(=O)CN1C(=O)NC2(CCc3ccccc3C2)C1=O. The summed E-state index contributed by atoms with van der Waals surface area (Å²) in [5, 5.41) is 2.85. The minimum atomic E-state index is -0.952. The van der Waals surface area contributed by atoms with E-state index in [4.69, 9.17) is 4.74 Å². The van der Waals surface area contributed by atoms with E-state index in [1.165, 1.54) is 12.7 Å². The zero-order valence-electron chi connectivity index (χ0n) is 15.0. The highest BCUT2D eigenvalue weighted by Crippen LogP contribution is 2.33. The van der Waals surface area contributed by atoms with Gasteiger partial charge in [0.15, 0.2) is 5.78 Å². The summed E-state index contributed by atoms with van der Waals surface area (Å²) in [6.45, 7) is -0.297. The van der Waals surface area contributed by atoms with Gasteiger partial charge in [-0.1, -0.05) is 36.4 Å². The number of rotatable bonds is 4. The molecule has 1 fully saturated rings. The number of hydrogen-bond acceptors (Lipinski definition) is 4. The predicted molar refractivity (Wildman–Crippen MR) is 98.8 cm³/mol. The first-order chi connectivity index (χ1) is 13.0. The first-order valence-electron chi connectivity index (χ1n) is 8.91. The molecule has 0 saturated carbocycles. The van der Waals surface area contributed by atoms with Crippen LogP contribution in [-0.2, 0) is 17.6 Å². The van der Waals surface area contributed by atoms with Crippen molar-refractivity contribution in [3.63, 3.8) is 0 Å². The molecule has 0 aromatic heterocycles. The number of aryl methyl sites for hydroxylation is 1. The van der Waals surface area contributed by atoms with Crippen molar-refractivity contribution in [2.24, 2.45) is 0 Å². The van der Waals surface area contributed by atoms with Crippen molar-refractivity contribution in [1.29, 1.82) is 0 Å². The van der Waals surface area contributed by atoms with E-state index >= 15 is 0 Å². The van der Waals surface area contributed by atoms with E-state index in [1.54, 1.807) is 24.3 Å². The second-order valence-corrected chi connectivity index (χ2v) is 6.97. The molecule has 138 valence electrons. The van der Waals surface area contributed by atoms with Gasteiger partial charge in [-0.05, 0) is 36.1 Å². The molecule has 1 atom stereocenters. The van der Waals surface area contributed by atoms with Crippen molar-refractivity contribution in [3.05, 3.63) is 65.2 Å². The molecule has 6 heteroatoms. The molecule has 3 amide bonds. The highest BCUT2D eigenvalue weighted by atomic mass is 16.5. The smallest absolute Gasteiger partial charge is 0.325 e. The summed E-state index contributed by atoms with van der Waals surface area (Å²) in [6, 6.07) is 14.2. The third-order valence-corrected chi connectivity index (χ3v) is 5.39. The molecule has 1 N–H and O–H groups in total. The van der Waals surface area contributed by atoms with E-state index in [-0.39, 0.29) is 18.2 Å². The largest absolute Gasteiger partial charge is 0.496 e. The Balaban J connectivity index is 1.56. The summed E-state index contributed by atoms with van der Waals surface area (Å²) in [6.07, 6.45) is 1.71. The summed E-state index contributed by atoms with van der Waals surface area (Å²) in [4.78, 5) is 39.3. The molecule has 2 aromatic rings. The van der Waals surface area contributed by atoms with Gasteiger partial charge in [0, 0.05) is 6.42 Å². The van der Waals surface area contributed by atoms with Crippen LogP contribution in [0.2, 0.25) is 0 Å². The van der Waals surface area contributed by atoms with Crippen molar-refractivity contribution in [2.75, 3.05) is 13.7 Å². The lowest BCUT2D eigenvalue weighted by atomic mass is 9.78.